The van der Waals surface area contributed by atoms with Gasteiger partial charge in [-0.2, -0.15) is 0 Å². The van der Waals surface area contributed by atoms with Gasteiger partial charge in [-0.15, -0.1) is 0 Å². The molecule has 0 spiro atoms. The predicted octanol–water partition coefficient (Wildman–Crippen LogP) is -1.38. The second-order valence-corrected chi connectivity index (χ2v) is 3.43. The van der Waals surface area contributed by atoms with E-state index in [9.17, 15) is 0 Å². The molecule has 0 saturated heterocycles. The largest absolute Gasteiger partial charge is 1.00 e. The average Bonchev–Trinajstić information content (AvgIpc) is 2.34. The van der Waals surface area contributed by atoms with E-state index >= 15 is 0 Å². The summed E-state index contributed by atoms with van der Waals surface area (Å²) in [5.74, 6) is 0. The number of hydrogen-bond donors (Lipinski definition) is 0. The molecule has 0 aliphatic rings. The zero-order valence-electron chi connectivity index (χ0n) is 6.67. The van der Waals surface area contributed by atoms with E-state index in [4.69, 9.17) is 0 Å². The first-order chi connectivity index (χ1) is 4.74. The molecule has 0 amide bonds. The van der Waals surface area contributed by atoms with E-state index in [-0.39, 0.29) is 17.0 Å². The summed E-state index contributed by atoms with van der Waals surface area (Å²) in [6.07, 6.45) is 7.25. The fourth-order valence-corrected chi connectivity index (χ4v) is 1.09. The van der Waals surface area contributed by atoms with Crippen LogP contribution in [0.15, 0.2) is 18.7 Å². The first-order valence-corrected chi connectivity index (χ1v) is 4.32. The van der Waals surface area contributed by atoms with Gasteiger partial charge in [-0.25, -0.2) is 9.13 Å². The number of nitrogens with zero attached hydrogens (tertiary/aromatic N) is 2. The quantitative estimate of drug-likeness (QED) is 0.467. The highest BCUT2D eigenvalue weighted by atomic mass is 79.9. The van der Waals surface area contributed by atoms with Crippen LogP contribution in [0, 0.1) is 0 Å². The van der Waals surface area contributed by atoms with Crippen LogP contribution in [-0.4, -0.2) is 4.57 Å². The van der Waals surface area contributed by atoms with Crippen molar-refractivity contribution in [3.8, 4) is 0 Å². The topological polar surface area (TPSA) is 8.81 Å². The SMILES string of the molecule is CCC(Br)[n+]1ccn(C)c1.[Br-]. The molecule has 64 valence electrons. The summed E-state index contributed by atoms with van der Waals surface area (Å²) in [6, 6.07) is 0. The van der Waals surface area contributed by atoms with E-state index in [1.54, 1.807) is 0 Å². The Kier molecular flexibility index (Phi) is 5.01. The van der Waals surface area contributed by atoms with Crippen LogP contribution in [0.25, 0.3) is 0 Å². The molecule has 0 N–H and O–H groups in total. The molecule has 0 saturated carbocycles. The number of imidazole rings is 1. The van der Waals surface area contributed by atoms with Gasteiger partial charge in [0.25, 0.3) is 0 Å². The van der Waals surface area contributed by atoms with Crippen molar-refractivity contribution in [1.82, 2.24) is 4.57 Å². The lowest BCUT2D eigenvalue weighted by Crippen LogP contribution is -3.00. The van der Waals surface area contributed by atoms with Crippen LogP contribution in [0.3, 0.4) is 0 Å². The van der Waals surface area contributed by atoms with Gasteiger partial charge in [0.05, 0.1) is 7.05 Å². The minimum absolute atomic E-state index is 0. The molecule has 0 fully saturated rings. The molecule has 0 aliphatic carbocycles. The van der Waals surface area contributed by atoms with Crippen molar-refractivity contribution in [1.29, 1.82) is 0 Å². The van der Waals surface area contributed by atoms with Crippen molar-refractivity contribution in [3.63, 3.8) is 0 Å². The van der Waals surface area contributed by atoms with E-state index in [0.29, 0.717) is 4.95 Å². The van der Waals surface area contributed by atoms with Crippen LogP contribution in [0.5, 0.6) is 0 Å². The van der Waals surface area contributed by atoms with Crippen LogP contribution in [-0.2, 0) is 7.05 Å². The van der Waals surface area contributed by atoms with Gasteiger partial charge >= 0.3 is 0 Å². The van der Waals surface area contributed by atoms with Crippen molar-refractivity contribution in [2.75, 3.05) is 0 Å². The molecule has 0 aliphatic heterocycles. The Bertz CT molecular complexity index is 210. The Morgan fingerprint density at radius 1 is 1.64 bits per heavy atom. The second-order valence-electron chi connectivity index (χ2n) is 2.37. The van der Waals surface area contributed by atoms with Gasteiger partial charge in [-0.1, -0.05) is 6.92 Å². The van der Waals surface area contributed by atoms with Gasteiger partial charge in [-0.3, -0.25) is 0 Å². The zero-order valence-corrected chi connectivity index (χ0v) is 9.84. The number of aryl methyl sites for hydroxylation is 1. The van der Waals surface area contributed by atoms with Crippen molar-refractivity contribution in [3.05, 3.63) is 18.7 Å². The minimum atomic E-state index is 0. The molecular weight excluding hydrogens is 272 g/mol. The summed E-state index contributed by atoms with van der Waals surface area (Å²) in [7, 11) is 2.02. The van der Waals surface area contributed by atoms with E-state index in [1.165, 1.54) is 0 Å². The maximum atomic E-state index is 3.55. The van der Waals surface area contributed by atoms with Gasteiger partial charge in [0.15, 0.2) is 4.95 Å². The lowest BCUT2D eigenvalue weighted by Gasteiger charge is -1.99. The fraction of sp³-hybridized carbons (Fsp3) is 0.571. The lowest BCUT2D eigenvalue weighted by molar-refractivity contribution is -0.697. The number of rotatable bonds is 2. The summed E-state index contributed by atoms with van der Waals surface area (Å²) >= 11 is 3.55. The van der Waals surface area contributed by atoms with Crippen molar-refractivity contribution >= 4 is 15.9 Å². The van der Waals surface area contributed by atoms with Gasteiger partial charge in [0.1, 0.15) is 12.4 Å². The summed E-state index contributed by atoms with van der Waals surface area (Å²) in [6.45, 7) is 2.15. The van der Waals surface area contributed by atoms with Gasteiger partial charge < -0.3 is 17.0 Å². The number of halogens is 2. The third-order valence-electron chi connectivity index (χ3n) is 1.45. The fourth-order valence-electron chi connectivity index (χ4n) is 0.846. The smallest absolute Gasteiger partial charge is 0.244 e. The average molecular weight is 284 g/mol. The first kappa shape index (κ1) is 11.2. The Morgan fingerprint density at radius 3 is 2.64 bits per heavy atom. The molecule has 1 aromatic heterocycles. The summed E-state index contributed by atoms with van der Waals surface area (Å²) in [5, 5.41) is 0. The normalized spacial score (nSPS) is 12.3. The van der Waals surface area contributed by atoms with E-state index in [1.807, 2.05) is 17.8 Å². The summed E-state index contributed by atoms with van der Waals surface area (Å²) in [4.78, 5) is 0.439. The van der Waals surface area contributed by atoms with Gasteiger partial charge in [-0.05, 0) is 22.4 Å². The molecule has 1 atom stereocenters. The molecule has 4 heteroatoms. The van der Waals surface area contributed by atoms with Gasteiger partial charge in [0, 0.05) is 0 Å². The third-order valence-corrected chi connectivity index (χ3v) is 2.57. The molecule has 11 heavy (non-hydrogen) atoms. The monoisotopic (exact) mass is 282 g/mol. The van der Waals surface area contributed by atoms with Crippen molar-refractivity contribution < 1.29 is 21.5 Å². The second kappa shape index (κ2) is 4.93. The predicted molar refractivity (Wildman–Crippen MR) is 43.9 cm³/mol. The number of hydrogen-bond acceptors (Lipinski definition) is 0. The Morgan fingerprint density at radius 2 is 2.27 bits per heavy atom. The highest BCUT2D eigenvalue weighted by Gasteiger charge is 2.07. The Balaban J connectivity index is 0.000001000. The molecule has 0 radical (unpaired) electrons. The standard InChI is InChI=1S/C7H12BrN2.BrH/c1-3-7(8)10-5-4-9(2)6-10;/h4-7H,3H2,1-2H3;1H/q+1;/p-1. The number of alkyl halides is 1. The lowest BCUT2D eigenvalue weighted by atomic mass is 10.5. The van der Waals surface area contributed by atoms with Crippen LogP contribution >= 0.6 is 15.9 Å². The molecule has 1 heterocycles. The Hall–Kier alpha value is 0.170. The van der Waals surface area contributed by atoms with Crippen LogP contribution in [0.2, 0.25) is 0 Å². The summed E-state index contributed by atoms with van der Waals surface area (Å²) in [5.41, 5.74) is 0. The van der Waals surface area contributed by atoms with Crippen LogP contribution in [0.4, 0.5) is 0 Å². The van der Waals surface area contributed by atoms with Crippen molar-refractivity contribution in [2.24, 2.45) is 7.05 Å². The molecule has 1 rings (SSSR count). The Labute approximate surface area is 86.1 Å². The van der Waals surface area contributed by atoms with Gasteiger partial charge in [0.2, 0.25) is 6.33 Å². The summed E-state index contributed by atoms with van der Waals surface area (Å²) < 4.78 is 4.17. The number of aromatic nitrogens is 2. The van der Waals surface area contributed by atoms with Crippen LogP contribution < -0.4 is 21.5 Å². The first-order valence-electron chi connectivity index (χ1n) is 3.41. The molecule has 1 unspecified atom stereocenters. The van der Waals surface area contributed by atoms with E-state index in [0.717, 1.165) is 6.42 Å². The highest BCUT2D eigenvalue weighted by Crippen LogP contribution is 2.09. The van der Waals surface area contributed by atoms with E-state index < -0.39 is 0 Å². The molecule has 1 aromatic rings. The minimum Gasteiger partial charge on any atom is -1.00 e. The van der Waals surface area contributed by atoms with Crippen LogP contribution in [0.1, 0.15) is 18.3 Å². The molecule has 0 bridgehead atoms. The molecular formula is C7H12Br2N2. The highest BCUT2D eigenvalue weighted by molar-refractivity contribution is 9.09. The zero-order chi connectivity index (χ0) is 7.56. The van der Waals surface area contributed by atoms with E-state index in [2.05, 4.69) is 39.9 Å². The maximum absolute atomic E-state index is 3.55. The third kappa shape index (κ3) is 2.95. The molecule has 2 nitrogen and oxygen atoms in total. The molecule has 0 aromatic carbocycles. The maximum Gasteiger partial charge on any atom is 0.244 e. The van der Waals surface area contributed by atoms with Crippen molar-refractivity contribution in [2.45, 2.75) is 18.3 Å².